The molecule has 2 aromatic rings. The Morgan fingerprint density at radius 2 is 2.00 bits per heavy atom. The Bertz CT molecular complexity index is 516. The number of aromatic carboxylic acids is 1. The van der Waals surface area contributed by atoms with Crippen molar-refractivity contribution in [1.82, 2.24) is 4.73 Å². The van der Waals surface area contributed by atoms with Gasteiger partial charge in [0.05, 0.1) is 5.52 Å². The number of carboxylic acid groups (broad SMARTS) is 1. The van der Waals surface area contributed by atoms with Crippen molar-refractivity contribution in [2.24, 2.45) is 0 Å². The lowest BCUT2D eigenvalue weighted by molar-refractivity contribution is 0.0698. The fourth-order valence-corrected chi connectivity index (χ4v) is 1.47. The monoisotopic (exact) mass is 192 g/mol. The number of fused-ring (bicyclic) bond motifs is 1. The smallest absolute Gasteiger partial charge is 0.340 e. The van der Waals surface area contributed by atoms with E-state index in [0.717, 1.165) is 0 Å². The molecule has 0 aliphatic carbocycles. The molecule has 1 aromatic heterocycles. The summed E-state index contributed by atoms with van der Waals surface area (Å²) in [6.07, 6.45) is 0. The van der Waals surface area contributed by atoms with Crippen LogP contribution in [-0.2, 0) is 0 Å². The SMILES string of the molecule is Nc1c(C(=O)O)c2ccccc2n1O. The Balaban J connectivity index is 2.95. The number of carbonyl (C=O) groups is 1. The first-order chi connectivity index (χ1) is 6.63. The maximum Gasteiger partial charge on any atom is 0.340 e. The van der Waals surface area contributed by atoms with Crippen molar-refractivity contribution in [3.63, 3.8) is 0 Å². The van der Waals surface area contributed by atoms with E-state index in [1.54, 1.807) is 24.3 Å². The van der Waals surface area contributed by atoms with E-state index in [1.165, 1.54) is 0 Å². The zero-order valence-corrected chi connectivity index (χ0v) is 7.14. The van der Waals surface area contributed by atoms with Gasteiger partial charge >= 0.3 is 5.97 Å². The fourth-order valence-electron chi connectivity index (χ4n) is 1.47. The molecule has 5 heteroatoms. The van der Waals surface area contributed by atoms with Gasteiger partial charge in [-0.3, -0.25) is 0 Å². The summed E-state index contributed by atoms with van der Waals surface area (Å²) in [4.78, 5) is 10.8. The summed E-state index contributed by atoms with van der Waals surface area (Å²) in [6.45, 7) is 0. The minimum absolute atomic E-state index is 0.0666. The maximum absolute atomic E-state index is 10.8. The Morgan fingerprint density at radius 3 is 2.64 bits per heavy atom. The van der Waals surface area contributed by atoms with Crippen LogP contribution in [0.3, 0.4) is 0 Å². The molecule has 0 bridgehead atoms. The van der Waals surface area contributed by atoms with E-state index >= 15 is 0 Å². The van der Waals surface area contributed by atoms with Crippen molar-refractivity contribution < 1.29 is 15.1 Å². The molecule has 2 rings (SSSR count). The second-order valence-electron chi connectivity index (χ2n) is 2.89. The molecular formula is C9H8N2O3. The van der Waals surface area contributed by atoms with Gasteiger partial charge in [0.2, 0.25) is 0 Å². The van der Waals surface area contributed by atoms with E-state index in [9.17, 15) is 10.0 Å². The molecule has 4 N–H and O–H groups in total. The number of para-hydroxylation sites is 1. The van der Waals surface area contributed by atoms with E-state index in [1.807, 2.05) is 0 Å². The van der Waals surface area contributed by atoms with Gasteiger partial charge in [-0.25, -0.2) is 4.79 Å². The standard InChI is InChI=1S/C9H8N2O3/c10-8-7(9(12)13)5-3-1-2-4-6(5)11(8)14/h1-4,14H,10H2,(H,12,13). The number of rotatable bonds is 1. The fraction of sp³-hybridized carbons (Fsp3) is 0. The Morgan fingerprint density at radius 1 is 1.36 bits per heavy atom. The van der Waals surface area contributed by atoms with Crippen LogP contribution >= 0.6 is 0 Å². The minimum atomic E-state index is -1.15. The molecule has 0 amide bonds. The lowest BCUT2D eigenvalue weighted by atomic mass is 10.2. The van der Waals surface area contributed by atoms with Crippen LogP contribution in [-0.4, -0.2) is 21.0 Å². The van der Waals surface area contributed by atoms with Crippen LogP contribution in [0.2, 0.25) is 0 Å². The third-order valence-corrected chi connectivity index (χ3v) is 2.10. The first kappa shape index (κ1) is 8.43. The topological polar surface area (TPSA) is 88.5 Å². The van der Waals surface area contributed by atoms with E-state index in [0.29, 0.717) is 15.6 Å². The molecule has 0 spiro atoms. The summed E-state index contributed by atoms with van der Waals surface area (Å²) in [5.41, 5.74) is 5.77. The van der Waals surface area contributed by atoms with Crippen molar-refractivity contribution in [1.29, 1.82) is 0 Å². The largest absolute Gasteiger partial charge is 0.478 e. The van der Waals surface area contributed by atoms with Gasteiger partial charge in [-0.1, -0.05) is 18.2 Å². The quantitative estimate of drug-likeness (QED) is 0.591. The average Bonchev–Trinajstić information content (AvgIpc) is 2.41. The highest BCUT2D eigenvalue weighted by molar-refractivity contribution is 6.08. The normalized spacial score (nSPS) is 10.6. The summed E-state index contributed by atoms with van der Waals surface area (Å²) in [6, 6.07) is 6.58. The van der Waals surface area contributed by atoms with Gasteiger partial charge in [-0.2, -0.15) is 4.73 Å². The van der Waals surface area contributed by atoms with Crippen LogP contribution in [0.25, 0.3) is 10.9 Å². The minimum Gasteiger partial charge on any atom is -0.478 e. The molecule has 0 radical (unpaired) electrons. The predicted octanol–water partition coefficient (Wildman–Crippen LogP) is 1.16. The molecule has 5 nitrogen and oxygen atoms in total. The molecule has 0 aliphatic heterocycles. The Kier molecular flexibility index (Phi) is 1.60. The average molecular weight is 192 g/mol. The third-order valence-electron chi connectivity index (χ3n) is 2.10. The summed E-state index contributed by atoms with van der Waals surface area (Å²) in [5.74, 6) is -1.30. The summed E-state index contributed by atoms with van der Waals surface area (Å²) in [7, 11) is 0. The molecule has 0 saturated carbocycles. The molecule has 0 aliphatic rings. The first-order valence-electron chi connectivity index (χ1n) is 3.94. The molecule has 1 heterocycles. The number of aromatic nitrogens is 1. The van der Waals surface area contributed by atoms with Gasteiger partial charge in [-0.05, 0) is 6.07 Å². The highest BCUT2D eigenvalue weighted by Crippen LogP contribution is 2.26. The number of hydrogen-bond donors (Lipinski definition) is 3. The van der Waals surface area contributed by atoms with Crippen LogP contribution in [0.5, 0.6) is 0 Å². The van der Waals surface area contributed by atoms with Crippen LogP contribution in [0.1, 0.15) is 10.4 Å². The number of anilines is 1. The van der Waals surface area contributed by atoms with E-state index in [4.69, 9.17) is 10.8 Å². The van der Waals surface area contributed by atoms with E-state index in [-0.39, 0.29) is 11.4 Å². The molecule has 72 valence electrons. The van der Waals surface area contributed by atoms with E-state index in [2.05, 4.69) is 0 Å². The number of nitrogen functional groups attached to an aromatic ring is 1. The summed E-state index contributed by atoms with van der Waals surface area (Å²) < 4.78 is 0.679. The number of benzene rings is 1. The van der Waals surface area contributed by atoms with E-state index < -0.39 is 5.97 Å². The molecule has 14 heavy (non-hydrogen) atoms. The number of nitrogens with two attached hydrogens (primary N) is 1. The Labute approximate surface area is 78.9 Å². The molecular weight excluding hydrogens is 184 g/mol. The zero-order chi connectivity index (χ0) is 10.3. The number of nitrogens with zero attached hydrogens (tertiary/aromatic N) is 1. The van der Waals surface area contributed by atoms with Crippen molar-refractivity contribution in [3.8, 4) is 0 Å². The number of hydrogen-bond acceptors (Lipinski definition) is 3. The van der Waals surface area contributed by atoms with Gasteiger partial charge in [0, 0.05) is 5.39 Å². The summed E-state index contributed by atoms with van der Waals surface area (Å²) in [5, 5.41) is 18.8. The highest BCUT2D eigenvalue weighted by Gasteiger charge is 2.19. The van der Waals surface area contributed by atoms with Crippen molar-refractivity contribution >= 4 is 22.7 Å². The Hall–Kier alpha value is -2.17. The summed E-state index contributed by atoms with van der Waals surface area (Å²) >= 11 is 0. The van der Waals surface area contributed by atoms with Gasteiger partial charge in [-0.15, -0.1) is 0 Å². The zero-order valence-electron chi connectivity index (χ0n) is 7.14. The van der Waals surface area contributed by atoms with Crippen molar-refractivity contribution in [2.75, 3.05) is 5.73 Å². The third kappa shape index (κ3) is 0.922. The lowest BCUT2D eigenvalue weighted by Gasteiger charge is -1.95. The van der Waals surface area contributed by atoms with Gasteiger partial charge in [0.1, 0.15) is 5.56 Å². The van der Waals surface area contributed by atoms with Crippen LogP contribution in [0.15, 0.2) is 24.3 Å². The van der Waals surface area contributed by atoms with Crippen LogP contribution < -0.4 is 5.73 Å². The second kappa shape index (κ2) is 2.66. The van der Waals surface area contributed by atoms with Crippen LogP contribution in [0.4, 0.5) is 5.82 Å². The molecule has 0 unspecified atom stereocenters. The predicted molar refractivity (Wildman–Crippen MR) is 50.5 cm³/mol. The maximum atomic E-state index is 10.8. The molecule has 1 aromatic carbocycles. The van der Waals surface area contributed by atoms with Crippen LogP contribution in [0, 0.1) is 0 Å². The highest BCUT2D eigenvalue weighted by atomic mass is 16.5. The van der Waals surface area contributed by atoms with Crippen molar-refractivity contribution in [3.05, 3.63) is 29.8 Å². The second-order valence-corrected chi connectivity index (χ2v) is 2.89. The molecule has 0 saturated heterocycles. The first-order valence-corrected chi connectivity index (χ1v) is 3.94. The number of carboxylic acids is 1. The van der Waals surface area contributed by atoms with Gasteiger partial charge in [0.25, 0.3) is 0 Å². The molecule has 0 fully saturated rings. The molecule has 0 atom stereocenters. The van der Waals surface area contributed by atoms with Crippen molar-refractivity contribution in [2.45, 2.75) is 0 Å². The lowest BCUT2D eigenvalue weighted by Crippen LogP contribution is -2.03. The van der Waals surface area contributed by atoms with Gasteiger partial charge < -0.3 is 16.0 Å². The van der Waals surface area contributed by atoms with Gasteiger partial charge in [0.15, 0.2) is 5.82 Å².